The molecular formula is C15H16N2O2. The van der Waals surface area contributed by atoms with Gasteiger partial charge in [-0.05, 0) is 19.1 Å². The number of benzene rings is 1. The predicted molar refractivity (Wildman–Crippen MR) is 70.0 cm³/mol. The zero-order chi connectivity index (χ0) is 13.6. The Morgan fingerprint density at radius 2 is 2.21 bits per heavy atom. The SMILES string of the molecule is Cc1ccc2nc3c(c(C(=O)[O-])c2c1)C[NH+](C)CC3. The van der Waals surface area contributed by atoms with Gasteiger partial charge in [0.2, 0.25) is 0 Å². The maximum Gasteiger partial charge on any atom is 0.105 e. The molecule has 1 aliphatic rings. The van der Waals surface area contributed by atoms with Crippen molar-refractivity contribution in [1.82, 2.24) is 4.98 Å². The van der Waals surface area contributed by atoms with Crippen molar-refractivity contribution in [2.75, 3.05) is 13.6 Å². The largest absolute Gasteiger partial charge is 0.545 e. The van der Waals surface area contributed by atoms with Crippen LogP contribution >= 0.6 is 0 Å². The summed E-state index contributed by atoms with van der Waals surface area (Å²) in [7, 11) is 2.07. The van der Waals surface area contributed by atoms with Crippen LogP contribution in [0.4, 0.5) is 0 Å². The smallest absolute Gasteiger partial charge is 0.105 e. The summed E-state index contributed by atoms with van der Waals surface area (Å²) in [6.45, 7) is 3.65. The van der Waals surface area contributed by atoms with Gasteiger partial charge in [-0.15, -0.1) is 0 Å². The number of aromatic nitrogens is 1. The minimum atomic E-state index is -1.09. The minimum absolute atomic E-state index is 0.336. The molecule has 19 heavy (non-hydrogen) atoms. The maximum absolute atomic E-state index is 11.6. The first-order valence-electron chi connectivity index (χ1n) is 6.51. The number of nitrogens with zero attached hydrogens (tertiary/aromatic N) is 1. The molecule has 2 heterocycles. The van der Waals surface area contributed by atoms with Crippen LogP contribution in [0.3, 0.4) is 0 Å². The third kappa shape index (κ3) is 1.98. The molecule has 1 unspecified atom stereocenters. The van der Waals surface area contributed by atoms with Crippen LogP contribution in [-0.2, 0) is 13.0 Å². The lowest BCUT2D eigenvalue weighted by Crippen LogP contribution is -3.08. The number of carboxylic acids is 1. The fourth-order valence-corrected chi connectivity index (χ4v) is 2.82. The molecule has 0 amide bonds. The Morgan fingerprint density at radius 3 is 2.95 bits per heavy atom. The van der Waals surface area contributed by atoms with E-state index < -0.39 is 5.97 Å². The highest BCUT2D eigenvalue weighted by atomic mass is 16.4. The quantitative estimate of drug-likeness (QED) is 0.747. The first-order valence-corrected chi connectivity index (χ1v) is 6.51. The van der Waals surface area contributed by atoms with E-state index in [-0.39, 0.29) is 0 Å². The molecule has 0 bridgehead atoms. The van der Waals surface area contributed by atoms with Crippen molar-refractivity contribution in [2.45, 2.75) is 19.9 Å². The number of hydrogen-bond donors (Lipinski definition) is 1. The number of aryl methyl sites for hydroxylation is 1. The monoisotopic (exact) mass is 256 g/mol. The van der Waals surface area contributed by atoms with Gasteiger partial charge < -0.3 is 14.8 Å². The molecule has 1 atom stereocenters. The van der Waals surface area contributed by atoms with Crippen LogP contribution < -0.4 is 10.0 Å². The van der Waals surface area contributed by atoms with E-state index in [1.807, 2.05) is 25.1 Å². The summed E-state index contributed by atoms with van der Waals surface area (Å²) in [4.78, 5) is 17.5. The van der Waals surface area contributed by atoms with Gasteiger partial charge in [-0.25, -0.2) is 0 Å². The van der Waals surface area contributed by atoms with Crippen LogP contribution in [0.1, 0.15) is 27.2 Å². The zero-order valence-corrected chi connectivity index (χ0v) is 11.1. The van der Waals surface area contributed by atoms with Crippen molar-refractivity contribution in [1.29, 1.82) is 0 Å². The number of nitrogens with one attached hydrogen (secondary N) is 1. The van der Waals surface area contributed by atoms with Crippen LogP contribution in [0.5, 0.6) is 0 Å². The third-order valence-electron chi connectivity index (χ3n) is 3.80. The number of rotatable bonds is 1. The molecule has 0 saturated carbocycles. The summed E-state index contributed by atoms with van der Waals surface area (Å²) >= 11 is 0. The molecule has 0 fully saturated rings. The zero-order valence-electron chi connectivity index (χ0n) is 11.1. The van der Waals surface area contributed by atoms with E-state index >= 15 is 0 Å². The van der Waals surface area contributed by atoms with Crippen LogP contribution in [0.15, 0.2) is 18.2 Å². The maximum atomic E-state index is 11.6. The number of carboxylic acid groups (broad SMARTS) is 1. The number of carbonyl (C=O) groups excluding carboxylic acids is 1. The van der Waals surface area contributed by atoms with Crippen molar-refractivity contribution >= 4 is 16.9 Å². The molecular weight excluding hydrogens is 240 g/mol. The van der Waals surface area contributed by atoms with Gasteiger partial charge in [-0.2, -0.15) is 0 Å². The average Bonchev–Trinajstić information content (AvgIpc) is 2.35. The summed E-state index contributed by atoms with van der Waals surface area (Å²) in [5, 5.41) is 12.3. The van der Waals surface area contributed by atoms with E-state index in [9.17, 15) is 9.90 Å². The van der Waals surface area contributed by atoms with E-state index in [1.165, 1.54) is 4.90 Å². The van der Waals surface area contributed by atoms with E-state index in [1.54, 1.807) is 0 Å². The second kappa shape index (κ2) is 4.31. The summed E-state index contributed by atoms with van der Waals surface area (Å²) < 4.78 is 0. The van der Waals surface area contributed by atoms with Crippen LogP contribution in [0.2, 0.25) is 0 Å². The molecule has 98 valence electrons. The fourth-order valence-electron chi connectivity index (χ4n) is 2.82. The number of carbonyl (C=O) groups is 1. The summed E-state index contributed by atoms with van der Waals surface area (Å²) in [6.07, 6.45) is 0.825. The summed E-state index contributed by atoms with van der Waals surface area (Å²) in [5.41, 5.74) is 3.89. The number of quaternary nitrogens is 1. The highest BCUT2D eigenvalue weighted by molar-refractivity contribution is 6.03. The summed E-state index contributed by atoms with van der Waals surface area (Å²) in [5.74, 6) is -1.09. The lowest BCUT2D eigenvalue weighted by molar-refractivity contribution is -0.895. The molecule has 1 aliphatic heterocycles. The number of hydrogen-bond acceptors (Lipinski definition) is 3. The van der Waals surface area contributed by atoms with Gasteiger partial charge in [0.15, 0.2) is 0 Å². The Kier molecular flexibility index (Phi) is 2.75. The highest BCUT2D eigenvalue weighted by Crippen LogP contribution is 2.25. The molecule has 4 heteroatoms. The molecule has 0 saturated heterocycles. The highest BCUT2D eigenvalue weighted by Gasteiger charge is 2.23. The van der Waals surface area contributed by atoms with Crippen LogP contribution in [0.25, 0.3) is 10.9 Å². The average molecular weight is 256 g/mol. The van der Waals surface area contributed by atoms with Gasteiger partial charge in [-0.1, -0.05) is 11.6 Å². The Balaban J connectivity index is 2.37. The molecule has 0 spiro atoms. The third-order valence-corrected chi connectivity index (χ3v) is 3.80. The molecule has 1 aromatic carbocycles. The lowest BCUT2D eigenvalue weighted by Gasteiger charge is -2.25. The predicted octanol–water partition coefficient (Wildman–Crippen LogP) is -0.522. The Hall–Kier alpha value is -1.94. The van der Waals surface area contributed by atoms with Gasteiger partial charge in [0.1, 0.15) is 6.54 Å². The molecule has 0 aliphatic carbocycles. The number of pyridine rings is 1. The molecule has 0 radical (unpaired) electrons. The lowest BCUT2D eigenvalue weighted by atomic mass is 9.95. The van der Waals surface area contributed by atoms with E-state index in [2.05, 4.69) is 12.0 Å². The number of likely N-dealkylation sites (N-methyl/N-ethyl adjacent to an activating group) is 1. The van der Waals surface area contributed by atoms with Crippen molar-refractivity contribution < 1.29 is 14.8 Å². The van der Waals surface area contributed by atoms with Gasteiger partial charge in [0, 0.05) is 22.9 Å². The van der Waals surface area contributed by atoms with E-state index in [0.717, 1.165) is 35.3 Å². The Bertz CT molecular complexity index is 679. The second-order valence-corrected chi connectivity index (χ2v) is 5.35. The Morgan fingerprint density at radius 1 is 1.42 bits per heavy atom. The van der Waals surface area contributed by atoms with Crippen LogP contribution in [-0.4, -0.2) is 24.5 Å². The number of aromatic carboxylic acids is 1. The van der Waals surface area contributed by atoms with Crippen molar-refractivity contribution in [3.63, 3.8) is 0 Å². The fraction of sp³-hybridized carbons (Fsp3) is 0.333. The van der Waals surface area contributed by atoms with Gasteiger partial charge in [0.25, 0.3) is 0 Å². The van der Waals surface area contributed by atoms with Crippen molar-refractivity contribution in [3.05, 3.63) is 40.6 Å². The van der Waals surface area contributed by atoms with Gasteiger partial charge >= 0.3 is 0 Å². The molecule has 4 nitrogen and oxygen atoms in total. The first-order chi connectivity index (χ1) is 9.06. The van der Waals surface area contributed by atoms with E-state index in [0.29, 0.717) is 17.5 Å². The Labute approximate surface area is 111 Å². The van der Waals surface area contributed by atoms with Gasteiger partial charge in [-0.3, -0.25) is 4.98 Å². The molecule has 3 rings (SSSR count). The topological polar surface area (TPSA) is 57.5 Å². The van der Waals surface area contributed by atoms with Gasteiger partial charge in [0.05, 0.1) is 30.8 Å². The molecule has 2 aromatic rings. The second-order valence-electron chi connectivity index (χ2n) is 5.35. The summed E-state index contributed by atoms with van der Waals surface area (Å²) in [6, 6.07) is 5.74. The van der Waals surface area contributed by atoms with E-state index in [4.69, 9.17) is 0 Å². The van der Waals surface area contributed by atoms with Crippen molar-refractivity contribution in [3.8, 4) is 0 Å². The molecule has 1 N–H and O–H groups in total. The first kappa shape index (κ1) is 12.1. The van der Waals surface area contributed by atoms with Crippen LogP contribution in [0, 0.1) is 6.92 Å². The number of fused-ring (bicyclic) bond motifs is 2. The molecule has 1 aromatic heterocycles. The standard InChI is InChI=1S/C15H16N2O2/c1-9-3-4-12-10(7-9)14(15(18)19)11-8-17(2)6-5-13(11)16-12/h3-4,7H,5-6,8H2,1-2H3,(H,18,19). The normalized spacial score (nSPS) is 18.3. The van der Waals surface area contributed by atoms with Crippen molar-refractivity contribution in [2.24, 2.45) is 0 Å². The minimum Gasteiger partial charge on any atom is -0.545 e.